The highest BCUT2D eigenvalue weighted by Gasteiger charge is 2.20. The summed E-state index contributed by atoms with van der Waals surface area (Å²) in [4.78, 5) is 22.6. The van der Waals surface area contributed by atoms with Crippen molar-refractivity contribution in [1.29, 1.82) is 0 Å². The Morgan fingerprint density at radius 3 is 2.67 bits per heavy atom. The highest BCUT2D eigenvalue weighted by molar-refractivity contribution is 6.30. The summed E-state index contributed by atoms with van der Waals surface area (Å²) in [6, 6.07) is 2.88. The van der Waals surface area contributed by atoms with Gasteiger partial charge in [0, 0.05) is 5.02 Å². The maximum absolute atomic E-state index is 11.8. The van der Waals surface area contributed by atoms with E-state index in [0.717, 1.165) is 0 Å². The molecule has 18 heavy (non-hydrogen) atoms. The number of carbonyl (C=O) groups excluding carboxylic acids is 1. The SMILES string of the molecule is C=CCC(NC(=O)c1ccc(Cl)cc1O)C(=O)O. The number of hydrogen-bond acceptors (Lipinski definition) is 3. The molecule has 1 atom stereocenters. The van der Waals surface area contributed by atoms with Crippen LogP contribution in [0.2, 0.25) is 5.02 Å². The number of nitrogens with one attached hydrogen (secondary N) is 1. The van der Waals surface area contributed by atoms with Gasteiger partial charge in [-0.25, -0.2) is 4.79 Å². The van der Waals surface area contributed by atoms with Gasteiger partial charge in [-0.1, -0.05) is 17.7 Å². The Kier molecular flexibility index (Phi) is 4.74. The summed E-state index contributed by atoms with van der Waals surface area (Å²) < 4.78 is 0. The molecule has 0 fully saturated rings. The van der Waals surface area contributed by atoms with E-state index >= 15 is 0 Å². The molecule has 1 unspecified atom stereocenters. The zero-order valence-electron chi connectivity index (χ0n) is 9.39. The van der Waals surface area contributed by atoms with Gasteiger partial charge in [0.05, 0.1) is 5.56 Å². The monoisotopic (exact) mass is 269 g/mol. The number of benzene rings is 1. The lowest BCUT2D eigenvalue weighted by Crippen LogP contribution is -2.40. The minimum Gasteiger partial charge on any atom is -0.507 e. The number of carbonyl (C=O) groups is 2. The van der Waals surface area contributed by atoms with E-state index in [2.05, 4.69) is 11.9 Å². The Hall–Kier alpha value is -2.01. The number of aliphatic carboxylic acids is 1. The zero-order chi connectivity index (χ0) is 13.7. The summed E-state index contributed by atoms with van der Waals surface area (Å²) in [5, 5.41) is 21.0. The number of hydrogen-bond donors (Lipinski definition) is 3. The fourth-order valence-electron chi connectivity index (χ4n) is 1.32. The smallest absolute Gasteiger partial charge is 0.326 e. The van der Waals surface area contributed by atoms with Gasteiger partial charge in [0.25, 0.3) is 5.91 Å². The van der Waals surface area contributed by atoms with Crippen LogP contribution in [-0.2, 0) is 4.79 Å². The first-order valence-electron chi connectivity index (χ1n) is 5.08. The second-order valence-corrected chi connectivity index (χ2v) is 3.99. The molecule has 0 aliphatic carbocycles. The lowest BCUT2D eigenvalue weighted by Gasteiger charge is -2.13. The third kappa shape index (κ3) is 3.49. The molecule has 0 saturated heterocycles. The third-order valence-electron chi connectivity index (χ3n) is 2.21. The number of phenols is 1. The average molecular weight is 270 g/mol. The van der Waals surface area contributed by atoms with Crippen LogP contribution >= 0.6 is 11.6 Å². The summed E-state index contributed by atoms with van der Waals surface area (Å²) in [5.41, 5.74) is -0.0327. The van der Waals surface area contributed by atoms with Crippen LogP contribution < -0.4 is 5.32 Å². The summed E-state index contributed by atoms with van der Waals surface area (Å²) in [6.45, 7) is 3.41. The van der Waals surface area contributed by atoms with Crippen LogP contribution in [0.3, 0.4) is 0 Å². The van der Waals surface area contributed by atoms with Crippen LogP contribution in [0, 0.1) is 0 Å². The van der Waals surface area contributed by atoms with Crippen LogP contribution in [0.5, 0.6) is 5.75 Å². The first-order chi connectivity index (χ1) is 8.45. The summed E-state index contributed by atoms with van der Waals surface area (Å²) in [5.74, 6) is -2.15. The van der Waals surface area contributed by atoms with Gasteiger partial charge >= 0.3 is 5.97 Å². The van der Waals surface area contributed by atoms with Gasteiger partial charge in [-0.05, 0) is 24.6 Å². The molecule has 0 saturated carbocycles. The van der Waals surface area contributed by atoms with E-state index in [1.165, 1.54) is 24.3 Å². The summed E-state index contributed by atoms with van der Waals surface area (Å²) in [6.07, 6.45) is 1.48. The molecule has 1 rings (SSSR count). The second kappa shape index (κ2) is 6.07. The minimum atomic E-state index is -1.17. The molecule has 1 aromatic rings. The van der Waals surface area contributed by atoms with E-state index in [4.69, 9.17) is 16.7 Å². The lowest BCUT2D eigenvalue weighted by molar-refractivity contribution is -0.139. The first kappa shape index (κ1) is 14.1. The second-order valence-electron chi connectivity index (χ2n) is 3.55. The van der Waals surface area contributed by atoms with E-state index in [0.29, 0.717) is 0 Å². The number of amides is 1. The van der Waals surface area contributed by atoms with Crippen molar-refractivity contribution >= 4 is 23.5 Å². The molecule has 6 heteroatoms. The molecule has 0 spiro atoms. The van der Waals surface area contributed by atoms with Gasteiger partial charge in [-0.2, -0.15) is 0 Å². The van der Waals surface area contributed by atoms with Crippen molar-refractivity contribution in [1.82, 2.24) is 5.32 Å². The highest BCUT2D eigenvalue weighted by atomic mass is 35.5. The van der Waals surface area contributed by atoms with Gasteiger partial charge in [-0.15, -0.1) is 6.58 Å². The molecule has 1 aromatic carbocycles. The normalized spacial score (nSPS) is 11.6. The molecule has 1 amide bonds. The molecule has 96 valence electrons. The molecule has 0 bridgehead atoms. The molecule has 0 heterocycles. The fraction of sp³-hybridized carbons (Fsp3) is 0.167. The van der Waals surface area contributed by atoms with E-state index in [9.17, 15) is 14.7 Å². The standard InChI is InChI=1S/C12H12ClNO4/c1-2-3-9(12(17)18)14-11(16)8-5-4-7(13)6-10(8)15/h2,4-6,9,15H,1,3H2,(H,14,16)(H,17,18). The van der Waals surface area contributed by atoms with Crippen LogP contribution in [-0.4, -0.2) is 28.1 Å². The van der Waals surface area contributed by atoms with Gasteiger partial charge in [0.2, 0.25) is 0 Å². The molecule has 0 aliphatic rings. The van der Waals surface area contributed by atoms with Crippen LogP contribution in [0.25, 0.3) is 0 Å². The van der Waals surface area contributed by atoms with Gasteiger partial charge in [0.15, 0.2) is 0 Å². The van der Waals surface area contributed by atoms with E-state index in [1.54, 1.807) is 0 Å². The van der Waals surface area contributed by atoms with Crippen molar-refractivity contribution in [3.05, 3.63) is 41.4 Å². The van der Waals surface area contributed by atoms with E-state index in [-0.39, 0.29) is 22.8 Å². The zero-order valence-corrected chi connectivity index (χ0v) is 10.1. The average Bonchev–Trinajstić information content (AvgIpc) is 2.27. The fourth-order valence-corrected chi connectivity index (χ4v) is 1.49. The largest absolute Gasteiger partial charge is 0.507 e. The summed E-state index contributed by atoms with van der Waals surface area (Å²) in [7, 11) is 0. The number of halogens is 1. The molecular weight excluding hydrogens is 258 g/mol. The number of carboxylic acid groups (broad SMARTS) is 1. The van der Waals surface area contributed by atoms with Crippen LogP contribution in [0.15, 0.2) is 30.9 Å². The third-order valence-corrected chi connectivity index (χ3v) is 2.45. The predicted octanol–water partition coefficient (Wildman–Crippen LogP) is 1.80. The Morgan fingerprint density at radius 2 is 2.17 bits per heavy atom. The quantitative estimate of drug-likeness (QED) is 0.712. The van der Waals surface area contributed by atoms with Crippen molar-refractivity contribution in [2.45, 2.75) is 12.5 Å². The Labute approximate surface area is 109 Å². The number of phenolic OH excluding ortho intramolecular Hbond substituents is 1. The maximum atomic E-state index is 11.8. The molecule has 0 aromatic heterocycles. The topological polar surface area (TPSA) is 86.6 Å². The lowest BCUT2D eigenvalue weighted by atomic mass is 10.1. The van der Waals surface area contributed by atoms with Crippen molar-refractivity contribution in [2.75, 3.05) is 0 Å². The van der Waals surface area contributed by atoms with Crippen LogP contribution in [0.1, 0.15) is 16.8 Å². The molecular formula is C12H12ClNO4. The van der Waals surface area contributed by atoms with Gasteiger partial charge in [0.1, 0.15) is 11.8 Å². The van der Waals surface area contributed by atoms with Crippen molar-refractivity contribution in [3.8, 4) is 5.75 Å². The van der Waals surface area contributed by atoms with Crippen molar-refractivity contribution < 1.29 is 19.8 Å². The van der Waals surface area contributed by atoms with E-state index in [1.807, 2.05) is 0 Å². The van der Waals surface area contributed by atoms with Gasteiger partial charge < -0.3 is 15.5 Å². The highest BCUT2D eigenvalue weighted by Crippen LogP contribution is 2.21. The maximum Gasteiger partial charge on any atom is 0.326 e. The molecule has 0 aliphatic heterocycles. The predicted molar refractivity (Wildman–Crippen MR) is 66.8 cm³/mol. The minimum absolute atomic E-state index is 0.0327. The Morgan fingerprint density at radius 1 is 1.50 bits per heavy atom. The first-order valence-corrected chi connectivity index (χ1v) is 5.46. The summed E-state index contributed by atoms with van der Waals surface area (Å²) >= 11 is 5.63. The van der Waals surface area contributed by atoms with E-state index < -0.39 is 17.9 Å². The number of aromatic hydroxyl groups is 1. The Bertz CT molecular complexity index is 487. The number of rotatable bonds is 5. The molecule has 0 radical (unpaired) electrons. The Balaban J connectivity index is 2.86. The molecule has 5 nitrogen and oxygen atoms in total. The van der Waals surface area contributed by atoms with Crippen molar-refractivity contribution in [3.63, 3.8) is 0 Å². The molecule has 3 N–H and O–H groups in total. The van der Waals surface area contributed by atoms with Gasteiger partial charge in [-0.3, -0.25) is 4.79 Å². The van der Waals surface area contributed by atoms with Crippen LogP contribution in [0.4, 0.5) is 0 Å². The van der Waals surface area contributed by atoms with Crippen molar-refractivity contribution in [2.24, 2.45) is 0 Å². The number of carboxylic acids is 1.